The number of nitrogens with zero attached hydrogens (tertiary/aromatic N) is 1. The highest BCUT2D eigenvalue weighted by atomic mass is 35.5. The van der Waals surface area contributed by atoms with E-state index < -0.39 is 6.10 Å². The Bertz CT molecular complexity index is 1080. The first-order chi connectivity index (χ1) is 14.0. The zero-order valence-corrected chi connectivity index (χ0v) is 16.5. The van der Waals surface area contributed by atoms with Gasteiger partial charge in [-0.05, 0) is 47.9 Å². The number of nitrogens with one attached hydrogen (secondary N) is 1. The first-order valence-electron chi connectivity index (χ1n) is 9.59. The molecule has 5 nitrogen and oxygen atoms in total. The minimum atomic E-state index is -0.527. The van der Waals surface area contributed by atoms with E-state index in [1.165, 1.54) is 0 Å². The molecule has 1 heterocycles. The molecule has 0 spiro atoms. The number of rotatable bonds is 3. The standard InChI is InChI=1S/C23H21ClN2O3/c24-16-10-11-21(20(13-16)23(29)26-12-4-7-17(27)14-26)25-22(28)19-9-3-6-15-5-1-2-8-18(15)19/h1-3,5-6,8-11,13,17,27H,4,7,12,14H2,(H,25,28). The number of aliphatic hydroxyl groups is 1. The van der Waals surface area contributed by atoms with Crippen LogP contribution in [0.15, 0.2) is 60.7 Å². The van der Waals surface area contributed by atoms with Gasteiger partial charge in [-0.1, -0.05) is 48.0 Å². The van der Waals surface area contributed by atoms with Gasteiger partial charge in [0, 0.05) is 23.7 Å². The number of benzene rings is 3. The number of β-amino-alcohol motifs (C(OH)–C–C–N with tert-alkyl or cyclic N) is 1. The molecule has 0 aromatic heterocycles. The molecule has 1 fully saturated rings. The third kappa shape index (κ3) is 4.11. The lowest BCUT2D eigenvalue weighted by molar-refractivity contribution is 0.0474. The molecule has 0 radical (unpaired) electrons. The smallest absolute Gasteiger partial charge is 0.256 e. The molecule has 148 valence electrons. The number of amides is 2. The first kappa shape index (κ1) is 19.4. The second kappa shape index (κ2) is 8.23. The molecule has 0 saturated carbocycles. The Morgan fingerprint density at radius 3 is 2.66 bits per heavy atom. The Labute approximate surface area is 173 Å². The van der Waals surface area contributed by atoms with E-state index in [2.05, 4.69) is 5.32 Å². The number of anilines is 1. The summed E-state index contributed by atoms with van der Waals surface area (Å²) in [6, 6.07) is 18.0. The predicted molar refractivity (Wildman–Crippen MR) is 114 cm³/mol. The van der Waals surface area contributed by atoms with Crippen LogP contribution in [0.5, 0.6) is 0 Å². The summed E-state index contributed by atoms with van der Waals surface area (Å²) < 4.78 is 0. The van der Waals surface area contributed by atoms with Gasteiger partial charge in [-0.15, -0.1) is 0 Å². The van der Waals surface area contributed by atoms with E-state index in [0.717, 1.165) is 17.2 Å². The summed E-state index contributed by atoms with van der Waals surface area (Å²) in [6.07, 6.45) is 0.899. The maximum atomic E-state index is 13.1. The Hall–Kier alpha value is -2.89. The lowest BCUT2D eigenvalue weighted by atomic mass is 10.0. The molecule has 4 rings (SSSR count). The minimum Gasteiger partial charge on any atom is -0.391 e. The Balaban J connectivity index is 1.65. The fraction of sp³-hybridized carbons (Fsp3) is 0.217. The molecule has 29 heavy (non-hydrogen) atoms. The summed E-state index contributed by atoms with van der Waals surface area (Å²) in [6.45, 7) is 0.848. The molecule has 1 saturated heterocycles. The van der Waals surface area contributed by atoms with Crippen LogP contribution in [-0.4, -0.2) is 41.0 Å². The zero-order valence-electron chi connectivity index (χ0n) is 15.8. The number of carbonyl (C=O) groups is 2. The second-order valence-corrected chi connectivity index (χ2v) is 7.65. The average Bonchev–Trinajstić information content (AvgIpc) is 2.74. The Morgan fingerprint density at radius 1 is 1.03 bits per heavy atom. The number of likely N-dealkylation sites (tertiary alicyclic amines) is 1. The van der Waals surface area contributed by atoms with Crippen molar-refractivity contribution in [1.29, 1.82) is 0 Å². The highest BCUT2D eigenvalue weighted by molar-refractivity contribution is 6.31. The topological polar surface area (TPSA) is 69.6 Å². The summed E-state index contributed by atoms with van der Waals surface area (Å²) >= 11 is 6.13. The fourth-order valence-electron chi connectivity index (χ4n) is 3.73. The molecule has 3 aromatic carbocycles. The van der Waals surface area contributed by atoms with Crippen molar-refractivity contribution in [2.75, 3.05) is 18.4 Å². The van der Waals surface area contributed by atoms with Crippen LogP contribution in [0.1, 0.15) is 33.6 Å². The van der Waals surface area contributed by atoms with E-state index in [1.807, 2.05) is 36.4 Å². The summed E-state index contributed by atoms with van der Waals surface area (Å²) in [4.78, 5) is 27.7. The third-order valence-electron chi connectivity index (χ3n) is 5.18. The van der Waals surface area contributed by atoms with Crippen molar-refractivity contribution in [2.45, 2.75) is 18.9 Å². The number of halogens is 1. The Kier molecular flexibility index (Phi) is 5.51. The monoisotopic (exact) mass is 408 g/mol. The average molecular weight is 409 g/mol. The van der Waals surface area contributed by atoms with Gasteiger partial charge in [0.15, 0.2) is 0 Å². The number of hydrogen-bond donors (Lipinski definition) is 2. The van der Waals surface area contributed by atoms with Crippen molar-refractivity contribution in [2.24, 2.45) is 0 Å². The van der Waals surface area contributed by atoms with Gasteiger partial charge in [0.25, 0.3) is 11.8 Å². The van der Waals surface area contributed by atoms with Crippen molar-refractivity contribution in [3.8, 4) is 0 Å². The summed E-state index contributed by atoms with van der Waals surface area (Å²) in [5, 5.41) is 15.0. The van der Waals surface area contributed by atoms with Crippen molar-refractivity contribution in [3.63, 3.8) is 0 Å². The SMILES string of the molecule is O=C(Nc1ccc(Cl)cc1C(=O)N1CCCC(O)C1)c1cccc2ccccc12. The second-order valence-electron chi connectivity index (χ2n) is 7.22. The molecule has 1 unspecified atom stereocenters. The van der Waals surface area contributed by atoms with E-state index in [0.29, 0.717) is 34.8 Å². The van der Waals surface area contributed by atoms with Crippen LogP contribution in [0.4, 0.5) is 5.69 Å². The van der Waals surface area contributed by atoms with Gasteiger partial charge in [0.1, 0.15) is 0 Å². The molecule has 6 heteroatoms. The maximum absolute atomic E-state index is 13.1. The molecule has 2 amide bonds. The highest BCUT2D eigenvalue weighted by Gasteiger charge is 2.25. The number of hydrogen-bond acceptors (Lipinski definition) is 3. The summed E-state index contributed by atoms with van der Waals surface area (Å²) in [5.74, 6) is -0.545. The quantitative estimate of drug-likeness (QED) is 0.677. The van der Waals surface area contributed by atoms with E-state index in [9.17, 15) is 14.7 Å². The van der Waals surface area contributed by atoms with Crippen molar-refractivity contribution >= 4 is 39.9 Å². The van der Waals surface area contributed by atoms with Gasteiger partial charge < -0.3 is 15.3 Å². The predicted octanol–water partition coefficient (Wildman–Crippen LogP) is 4.34. The molecule has 0 aliphatic carbocycles. The summed E-state index contributed by atoms with van der Waals surface area (Å²) in [7, 11) is 0. The van der Waals surface area contributed by atoms with E-state index in [4.69, 9.17) is 11.6 Å². The van der Waals surface area contributed by atoms with E-state index in [1.54, 1.807) is 29.2 Å². The van der Waals surface area contributed by atoms with Gasteiger partial charge in [0.05, 0.1) is 17.4 Å². The Morgan fingerprint density at radius 2 is 1.83 bits per heavy atom. The molecular weight excluding hydrogens is 388 g/mol. The third-order valence-corrected chi connectivity index (χ3v) is 5.41. The van der Waals surface area contributed by atoms with Gasteiger partial charge in [-0.2, -0.15) is 0 Å². The van der Waals surface area contributed by atoms with Crippen LogP contribution in [0.2, 0.25) is 5.02 Å². The van der Waals surface area contributed by atoms with Gasteiger partial charge in [-0.3, -0.25) is 9.59 Å². The lowest BCUT2D eigenvalue weighted by Crippen LogP contribution is -2.42. The molecule has 0 bridgehead atoms. The number of carbonyl (C=O) groups excluding carboxylic acids is 2. The van der Waals surface area contributed by atoms with Gasteiger partial charge in [0.2, 0.25) is 0 Å². The molecule has 1 aliphatic rings. The minimum absolute atomic E-state index is 0.250. The van der Waals surface area contributed by atoms with Gasteiger partial charge >= 0.3 is 0 Å². The van der Waals surface area contributed by atoms with Crippen LogP contribution < -0.4 is 5.32 Å². The van der Waals surface area contributed by atoms with Crippen LogP contribution in [0.3, 0.4) is 0 Å². The molecule has 1 atom stereocenters. The number of fused-ring (bicyclic) bond motifs is 1. The first-order valence-corrected chi connectivity index (χ1v) is 9.97. The largest absolute Gasteiger partial charge is 0.391 e. The van der Waals surface area contributed by atoms with E-state index >= 15 is 0 Å². The van der Waals surface area contributed by atoms with Crippen LogP contribution in [-0.2, 0) is 0 Å². The molecule has 2 N–H and O–H groups in total. The number of aliphatic hydroxyl groups excluding tert-OH is 1. The highest BCUT2D eigenvalue weighted by Crippen LogP contribution is 2.26. The zero-order chi connectivity index (χ0) is 20.4. The molecule has 1 aliphatic heterocycles. The molecular formula is C23H21ClN2O3. The van der Waals surface area contributed by atoms with Crippen LogP contribution >= 0.6 is 11.6 Å². The van der Waals surface area contributed by atoms with Crippen LogP contribution in [0, 0.1) is 0 Å². The van der Waals surface area contributed by atoms with Crippen molar-refractivity contribution < 1.29 is 14.7 Å². The fourth-order valence-corrected chi connectivity index (χ4v) is 3.90. The van der Waals surface area contributed by atoms with Crippen LogP contribution in [0.25, 0.3) is 10.8 Å². The normalized spacial score (nSPS) is 16.6. The van der Waals surface area contributed by atoms with Crippen molar-refractivity contribution in [3.05, 3.63) is 76.8 Å². The van der Waals surface area contributed by atoms with Crippen molar-refractivity contribution in [1.82, 2.24) is 4.90 Å². The lowest BCUT2D eigenvalue weighted by Gasteiger charge is -2.30. The summed E-state index contributed by atoms with van der Waals surface area (Å²) in [5.41, 5.74) is 1.25. The van der Waals surface area contributed by atoms with Gasteiger partial charge in [-0.25, -0.2) is 0 Å². The molecule has 3 aromatic rings. The number of piperidine rings is 1. The van der Waals surface area contributed by atoms with E-state index in [-0.39, 0.29) is 18.4 Å². The maximum Gasteiger partial charge on any atom is 0.256 e.